The summed E-state index contributed by atoms with van der Waals surface area (Å²) in [7, 11) is 1.52. The molecule has 0 spiro atoms. The van der Waals surface area contributed by atoms with Gasteiger partial charge in [0.1, 0.15) is 23.5 Å². The van der Waals surface area contributed by atoms with Gasteiger partial charge in [-0.05, 0) is 42.7 Å². The van der Waals surface area contributed by atoms with E-state index in [1.54, 1.807) is 47.3 Å². The largest absolute Gasteiger partial charge is 0.496 e. The van der Waals surface area contributed by atoms with Crippen LogP contribution in [-0.2, 0) is 16.0 Å². The van der Waals surface area contributed by atoms with Crippen molar-refractivity contribution in [1.29, 1.82) is 5.26 Å². The van der Waals surface area contributed by atoms with E-state index in [-0.39, 0.29) is 30.4 Å². The van der Waals surface area contributed by atoms with Crippen LogP contribution in [0.1, 0.15) is 34.9 Å². The van der Waals surface area contributed by atoms with Crippen LogP contribution in [0.25, 0.3) is 10.9 Å². The first-order valence-electron chi connectivity index (χ1n) is 11.3. The van der Waals surface area contributed by atoms with Crippen LogP contribution >= 0.6 is 0 Å². The van der Waals surface area contributed by atoms with Crippen LogP contribution in [0.2, 0.25) is 0 Å². The number of carbonyl (C=O) groups excluding carboxylic acids is 3. The molecule has 2 aromatic heterocycles. The number of primary amides is 1. The molecule has 3 amide bonds. The van der Waals surface area contributed by atoms with Gasteiger partial charge in [-0.1, -0.05) is 12.1 Å². The molecule has 3 heterocycles. The number of methoxy groups -OCH3 is 1. The molecule has 4 N–H and O–H groups in total. The van der Waals surface area contributed by atoms with Crippen molar-refractivity contribution in [3.05, 3.63) is 60.0 Å². The molecule has 0 unspecified atom stereocenters. The highest BCUT2D eigenvalue weighted by Gasteiger charge is 2.32. The molecule has 10 heteroatoms. The number of hydrogen-bond acceptors (Lipinski definition) is 6. The van der Waals surface area contributed by atoms with Crippen LogP contribution in [-0.4, -0.2) is 47.0 Å². The van der Waals surface area contributed by atoms with Crippen molar-refractivity contribution in [2.24, 2.45) is 11.7 Å². The third-order valence-electron chi connectivity index (χ3n) is 6.24. The van der Waals surface area contributed by atoms with Crippen molar-refractivity contribution in [3.8, 4) is 11.8 Å². The van der Waals surface area contributed by atoms with Gasteiger partial charge < -0.3 is 25.7 Å². The fraction of sp³-hybridized carbons (Fsp3) is 0.320. The molecule has 1 aliphatic heterocycles. The first kappa shape index (κ1) is 23.8. The Bertz CT molecular complexity index is 1300. The Kier molecular flexibility index (Phi) is 6.96. The van der Waals surface area contributed by atoms with E-state index in [0.29, 0.717) is 29.6 Å². The van der Waals surface area contributed by atoms with Crippen LogP contribution in [0.4, 0.5) is 0 Å². The molecule has 3 aromatic rings. The Morgan fingerprint density at radius 3 is 2.83 bits per heavy atom. The lowest BCUT2D eigenvalue weighted by Gasteiger charge is -2.24. The van der Waals surface area contributed by atoms with E-state index in [1.165, 1.54) is 7.11 Å². The molecule has 0 aliphatic carbocycles. The maximum atomic E-state index is 13.7. The second kappa shape index (κ2) is 10.3. The van der Waals surface area contributed by atoms with Crippen molar-refractivity contribution in [2.45, 2.75) is 31.3 Å². The molecule has 3 atom stereocenters. The molecule has 1 aliphatic rings. The van der Waals surface area contributed by atoms with E-state index in [9.17, 15) is 19.6 Å². The van der Waals surface area contributed by atoms with Crippen LogP contribution in [0.3, 0.4) is 0 Å². The molecule has 180 valence electrons. The number of hydrogen-bond donors (Lipinski definition) is 3. The van der Waals surface area contributed by atoms with E-state index >= 15 is 0 Å². The third-order valence-corrected chi connectivity index (χ3v) is 6.24. The first-order valence-corrected chi connectivity index (χ1v) is 11.3. The summed E-state index contributed by atoms with van der Waals surface area (Å²) in [6.07, 6.45) is 4.28. The van der Waals surface area contributed by atoms with Crippen LogP contribution in [0.15, 0.2) is 48.8 Å². The van der Waals surface area contributed by atoms with Gasteiger partial charge in [-0.15, -0.1) is 0 Å². The summed E-state index contributed by atoms with van der Waals surface area (Å²) in [6.45, 7) is 0.554. The van der Waals surface area contributed by atoms with Crippen molar-refractivity contribution in [2.75, 3.05) is 13.7 Å². The predicted molar refractivity (Wildman–Crippen MR) is 127 cm³/mol. The number of benzene rings is 1. The molecule has 1 fully saturated rings. The predicted octanol–water partition coefficient (Wildman–Crippen LogP) is 1.46. The molecule has 35 heavy (non-hydrogen) atoms. The van der Waals surface area contributed by atoms with Crippen LogP contribution in [0, 0.1) is 17.2 Å². The number of nitrogens with two attached hydrogens (primary N) is 1. The molecule has 0 bridgehead atoms. The highest BCUT2D eigenvalue weighted by molar-refractivity contribution is 6.01. The maximum Gasteiger partial charge on any atom is 0.265 e. The fourth-order valence-corrected chi connectivity index (χ4v) is 4.54. The number of pyridine rings is 1. The Morgan fingerprint density at radius 1 is 1.37 bits per heavy atom. The van der Waals surface area contributed by atoms with Gasteiger partial charge in [0.25, 0.3) is 5.91 Å². The molecule has 1 saturated heterocycles. The van der Waals surface area contributed by atoms with E-state index < -0.39 is 23.9 Å². The van der Waals surface area contributed by atoms with Crippen molar-refractivity contribution in [1.82, 2.24) is 20.2 Å². The molecular formula is C25H26N6O4. The van der Waals surface area contributed by atoms with Gasteiger partial charge in [-0.25, -0.2) is 0 Å². The summed E-state index contributed by atoms with van der Waals surface area (Å²) in [5.41, 5.74) is 7.20. The van der Waals surface area contributed by atoms with E-state index in [1.807, 2.05) is 6.07 Å². The zero-order valence-electron chi connectivity index (χ0n) is 19.2. The Hall–Kier alpha value is -4.39. The van der Waals surface area contributed by atoms with Gasteiger partial charge in [0.05, 0.1) is 18.7 Å². The Balaban J connectivity index is 1.75. The lowest BCUT2D eigenvalue weighted by atomic mass is 9.98. The van der Waals surface area contributed by atoms with Gasteiger partial charge >= 0.3 is 0 Å². The van der Waals surface area contributed by atoms with Crippen LogP contribution in [0.5, 0.6) is 5.75 Å². The summed E-state index contributed by atoms with van der Waals surface area (Å²) in [5.74, 6) is -1.10. The minimum Gasteiger partial charge on any atom is -0.496 e. The van der Waals surface area contributed by atoms with Gasteiger partial charge in [-0.3, -0.25) is 19.4 Å². The quantitative estimate of drug-likeness (QED) is 0.427. The number of aromatic nitrogens is 2. The van der Waals surface area contributed by atoms with E-state index in [0.717, 1.165) is 5.56 Å². The summed E-state index contributed by atoms with van der Waals surface area (Å²) in [5, 5.41) is 15.9. The zero-order valence-corrected chi connectivity index (χ0v) is 19.2. The SMILES string of the molecule is COc1cccc2c1cc(C(N)=O)n2[C@@H](Cc1cccnc1)C(=O)N[C@H](C#N)C[C@@H]1CCNC1=O. The molecule has 0 saturated carbocycles. The second-order valence-corrected chi connectivity index (χ2v) is 8.44. The fourth-order valence-electron chi connectivity index (χ4n) is 4.54. The molecule has 0 radical (unpaired) electrons. The van der Waals surface area contributed by atoms with Gasteiger partial charge in [-0.2, -0.15) is 5.26 Å². The van der Waals surface area contributed by atoms with Crippen molar-refractivity contribution >= 4 is 28.6 Å². The number of ether oxygens (including phenoxy) is 1. The molecule has 4 rings (SSSR count). The van der Waals surface area contributed by atoms with Crippen molar-refractivity contribution in [3.63, 3.8) is 0 Å². The second-order valence-electron chi connectivity index (χ2n) is 8.44. The van der Waals surface area contributed by atoms with Gasteiger partial charge in [0.15, 0.2) is 0 Å². The van der Waals surface area contributed by atoms with Gasteiger partial charge in [0, 0.05) is 36.7 Å². The Labute approximate surface area is 202 Å². The molecular weight excluding hydrogens is 448 g/mol. The molecule has 1 aromatic carbocycles. The molecule has 10 nitrogen and oxygen atoms in total. The topological polar surface area (TPSA) is 152 Å². The average Bonchev–Trinajstić information content (AvgIpc) is 3.45. The highest BCUT2D eigenvalue weighted by atomic mass is 16.5. The normalized spacial score (nSPS) is 16.8. The van der Waals surface area contributed by atoms with Crippen LogP contribution < -0.4 is 21.1 Å². The zero-order chi connectivity index (χ0) is 24.9. The van der Waals surface area contributed by atoms with E-state index in [4.69, 9.17) is 10.5 Å². The number of fused-ring (bicyclic) bond motifs is 1. The number of carbonyl (C=O) groups is 3. The monoisotopic (exact) mass is 474 g/mol. The number of nitriles is 1. The summed E-state index contributed by atoms with van der Waals surface area (Å²) >= 11 is 0. The maximum absolute atomic E-state index is 13.7. The smallest absolute Gasteiger partial charge is 0.265 e. The van der Waals surface area contributed by atoms with Crippen molar-refractivity contribution < 1.29 is 19.1 Å². The lowest BCUT2D eigenvalue weighted by molar-refractivity contribution is -0.126. The average molecular weight is 475 g/mol. The standard InChI is InChI=1S/C25H26N6O4/c1-35-22-6-2-5-19-18(22)12-20(23(27)32)31(19)21(10-15-4-3-8-28-14-15)25(34)30-17(13-26)11-16-7-9-29-24(16)33/h2-6,8,12,14,16-17,21H,7,9-11H2,1H3,(H2,27,32)(H,29,33)(H,30,34)/t16-,17-,21-/m0/s1. The summed E-state index contributed by atoms with van der Waals surface area (Å²) < 4.78 is 7.03. The number of nitrogens with one attached hydrogen (secondary N) is 2. The lowest BCUT2D eigenvalue weighted by Crippen LogP contribution is -2.42. The first-order chi connectivity index (χ1) is 16.9. The number of nitrogens with zero attached hydrogens (tertiary/aromatic N) is 3. The Morgan fingerprint density at radius 2 is 2.20 bits per heavy atom. The van der Waals surface area contributed by atoms with E-state index in [2.05, 4.69) is 21.7 Å². The minimum atomic E-state index is -0.917. The minimum absolute atomic E-state index is 0.120. The summed E-state index contributed by atoms with van der Waals surface area (Å²) in [6, 6.07) is 10.8. The number of amides is 3. The summed E-state index contributed by atoms with van der Waals surface area (Å²) in [4.78, 5) is 42.2. The van der Waals surface area contributed by atoms with Gasteiger partial charge in [0.2, 0.25) is 11.8 Å². The number of rotatable bonds is 9. The highest BCUT2D eigenvalue weighted by Crippen LogP contribution is 2.32. The third kappa shape index (κ3) is 4.94.